The first-order chi connectivity index (χ1) is 10.4. The van der Waals surface area contributed by atoms with E-state index in [1.54, 1.807) is 0 Å². The minimum atomic E-state index is -3.82. The van der Waals surface area contributed by atoms with Crippen LogP contribution >= 0.6 is 11.6 Å². The van der Waals surface area contributed by atoms with Gasteiger partial charge in [0, 0.05) is 11.6 Å². The predicted molar refractivity (Wildman–Crippen MR) is 83.6 cm³/mol. The van der Waals surface area contributed by atoms with Crippen LogP contribution in [0.25, 0.3) is 0 Å². The Hall–Kier alpha value is -1.15. The average Bonchev–Trinajstić information content (AvgIpc) is 2.99. The molecule has 1 aliphatic heterocycles. The molecule has 122 valence electrons. The van der Waals surface area contributed by atoms with Gasteiger partial charge in [-0.1, -0.05) is 11.6 Å². The van der Waals surface area contributed by atoms with Crippen molar-refractivity contribution >= 4 is 27.6 Å². The predicted octanol–water partition coefficient (Wildman–Crippen LogP) is 1.40. The third kappa shape index (κ3) is 4.19. The number of carbonyl (C=O) groups is 1. The van der Waals surface area contributed by atoms with Gasteiger partial charge in [0.2, 0.25) is 10.0 Å². The van der Waals surface area contributed by atoms with Crippen LogP contribution in [-0.2, 0) is 14.8 Å². The van der Waals surface area contributed by atoms with E-state index in [1.165, 1.54) is 25.3 Å². The lowest BCUT2D eigenvalue weighted by Crippen LogP contribution is -2.28. The lowest BCUT2D eigenvalue weighted by Gasteiger charge is -2.12. The number of benzene rings is 1. The van der Waals surface area contributed by atoms with Crippen molar-refractivity contribution in [3.63, 3.8) is 0 Å². The Kier molecular flexibility index (Phi) is 5.80. The molecule has 2 rings (SSSR count). The van der Waals surface area contributed by atoms with E-state index in [1.807, 2.05) is 0 Å². The zero-order valence-electron chi connectivity index (χ0n) is 12.3. The second-order valence-electron chi connectivity index (χ2n) is 5.18. The van der Waals surface area contributed by atoms with Crippen LogP contribution in [0.1, 0.15) is 23.2 Å². The first-order valence-corrected chi connectivity index (χ1v) is 8.88. The summed E-state index contributed by atoms with van der Waals surface area (Å²) in [6.45, 7) is 2.20. The Morgan fingerprint density at radius 1 is 1.50 bits per heavy atom. The molecule has 1 fully saturated rings. The Morgan fingerprint density at radius 3 is 2.91 bits per heavy atom. The largest absolute Gasteiger partial charge is 0.465 e. The molecule has 1 aromatic rings. The normalized spacial score (nSPS) is 18.4. The number of carbonyl (C=O) groups excluding carboxylic acids is 1. The molecule has 1 atom stereocenters. The van der Waals surface area contributed by atoms with Crippen LogP contribution in [0.15, 0.2) is 23.1 Å². The highest BCUT2D eigenvalue weighted by molar-refractivity contribution is 7.89. The van der Waals surface area contributed by atoms with Crippen LogP contribution in [0.3, 0.4) is 0 Å². The summed E-state index contributed by atoms with van der Waals surface area (Å²) < 4.78 is 32.0. The zero-order chi connectivity index (χ0) is 16.2. The number of hydrogen-bond donors (Lipinski definition) is 2. The number of esters is 1. The lowest BCUT2D eigenvalue weighted by atomic mass is 10.1. The van der Waals surface area contributed by atoms with Gasteiger partial charge < -0.3 is 10.1 Å². The van der Waals surface area contributed by atoms with Crippen molar-refractivity contribution in [1.82, 2.24) is 10.0 Å². The van der Waals surface area contributed by atoms with Crippen LogP contribution in [0.4, 0.5) is 0 Å². The van der Waals surface area contributed by atoms with Gasteiger partial charge >= 0.3 is 5.97 Å². The highest BCUT2D eigenvalue weighted by Crippen LogP contribution is 2.22. The standard InChI is InChI=1S/C14H19ClN2O4S/c1-21-14(18)12-3-2-11(15)8-13(12)22(19,20)17-7-5-10-4-6-16-9-10/h2-3,8,10,16-17H,4-7,9H2,1H3. The summed E-state index contributed by atoms with van der Waals surface area (Å²) in [5.41, 5.74) is -0.0260. The maximum atomic E-state index is 12.4. The Labute approximate surface area is 135 Å². The number of sulfonamides is 1. The Bertz CT molecular complexity index is 642. The van der Waals surface area contributed by atoms with E-state index < -0.39 is 16.0 Å². The van der Waals surface area contributed by atoms with Crippen LogP contribution in [-0.4, -0.2) is 41.1 Å². The van der Waals surface area contributed by atoms with Gasteiger partial charge in [-0.3, -0.25) is 0 Å². The Balaban J connectivity index is 2.13. The minimum Gasteiger partial charge on any atom is -0.465 e. The van der Waals surface area contributed by atoms with Crippen molar-refractivity contribution in [1.29, 1.82) is 0 Å². The van der Waals surface area contributed by atoms with Gasteiger partial charge in [-0.15, -0.1) is 0 Å². The van der Waals surface area contributed by atoms with E-state index in [9.17, 15) is 13.2 Å². The molecule has 0 saturated carbocycles. The molecule has 0 amide bonds. The summed E-state index contributed by atoms with van der Waals surface area (Å²) >= 11 is 5.86. The molecule has 22 heavy (non-hydrogen) atoms. The molecule has 0 aliphatic carbocycles. The number of ether oxygens (including phenoxy) is 1. The maximum Gasteiger partial charge on any atom is 0.339 e. The summed E-state index contributed by atoms with van der Waals surface area (Å²) in [7, 11) is -2.61. The Morgan fingerprint density at radius 2 is 2.27 bits per heavy atom. The molecular formula is C14H19ClN2O4S. The van der Waals surface area contributed by atoms with E-state index in [2.05, 4.69) is 14.8 Å². The average molecular weight is 347 g/mol. The molecule has 6 nitrogen and oxygen atoms in total. The topological polar surface area (TPSA) is 84.5 Å². The summed E-state index contributed by atoms with van der Waals surface area (Å²) in [6.07, 6.45) is 1.80. The van der Waals surface area contributed by atoms with Crippen LogP contribution in [0, 0.1) is 5.92 Å². The molecule has 2 N–H and O–H groups in total. The highest BCUT2D eigenvalue weighted by Gasteiger charge is 2.24. The zero-order valence-corrected chi connectivity index (χ0v) is 13.8. The summed E-state index contributed by atoms with van der Waals surface area (Å²) in [6, 6.07) is 4.06. The molecule has 0 bridgehead atoms. The second kappa shape index (κ2) is 7.41. The van der Waals surface area contributed by atoms with Gasteiger partial charge in [0.05, 0.1) is 17.6 Å². The van der Waals surface area contributed by atoms with Gasteiger partial charge in [-0.25, -0.2) is 17.9 Å². The van der Waals surface area contributed by atoms with E-state index in [0.29, 0.717) is 12.5 Å². The van der Waals surface area contributed by atoms with E-state index in [-0.39, 0.29) is 15.5 Å². The van der Waals surface area contributed by atoms with Crippen LogP contribution in [0.5, 0.6) is 0 Å². The second-order valence-corrected chi connectivity index (χ2v) is 7.35. The maximum absolute atomic E-state index is 12.4. The monoisotopic (exact) mass is 346 g/mol. The van der Waals surface area contributed by atoms with Crippen molar-refractivity contribution in [2.75, 3.05) is 26.7 Å². The number of nitrogens with one attached hydrogen (secondary N) is 2. The van der Waals surface area contributed by atoms with Crippen molar-refractivity contribution in [2.45, 2.75) is 17.7 Å². The van der Waals surface area contributed by atoms with Crippen molar-refractivity contribution in [3.8, 4) is 0 Å². The number of hydrogen-bond acceptors (Lipinski definition) is 5. The molecule has 0 radical (unpaired) electrons. The molecule has 1 aromatic carbocycles. The molecule has 1 unspecified atom stereocenters. The first-order valence-electron chi connectivity index (χ1n) is 7.02. The fraction of sp³-hybridized carbons (Fsp3) is 0.500. The summed E-state index contributed by atoms with van der Waals surface area (Å²) in [4.78, 5) is 11.6. The molecular weight excluding hydrogens is 328 g/mol. The fourth-order valence-electron chi connectivity index (χ4n) is 2.43. The van der Waals surface area contributed by atoms with Crippen molar-refractivity contribution in [2.24, 2.45) is 5.92 Å². The third-order valence-corrected chi connectivity index (χ3v) is 5.38. The fourth-order valence-corrected chi connectivity index (χ4v) is 3.93. The summed E-state index contributed by atoms with van der Waals surface area (Å²) in [5, 5.41) is 3.48. The highest BCUT2D eigenvalue weighted by atomic mass is 35.5. The SMILES string of the molecule is COC(=O)c1ccc(Cl)cc1S(=O)(=O)NCCC1CCNC1. The first kappa shape index (κ1) is 17.2. The van der Waals surface area contributed by atoms with E-state index in [4.69, 9.17) is 11.6 Å². The minimum absolute atomic E-state index is 0.0260. The quantitative estimate of drug-likeness (QED) is 0.761. The van der Waals surface area contributed by atoms with Crippen LogP contribution < -0.4 is 10.0 Å². The third-order valence-electron chi connectivity index (χ3n) is 3.65. The van der Waals surface area contributed by atoms with Gasteiger partial charge in [0.25, 0.3) is 0 Å². The summed E-state index contributed by atoms with van der Waals surface area (Å²) in [5.74, 6) is -0.237. The van der Waals surface area contributed by atoms with Gasteiger partial charge in [-0.2, -0.15) is 0 Å². The molecule has 0 aromatic heterocycles. The lowest BCUT2D eigenvalue weighted by molar-refractivity contribution is 0.0596. The molecule has 0 spiro atoms. The number of halogens is 1. The van der Waals surface area contributed by atoms with Crippen molar-refractivity contribution < 1.29 is 17.9 Å². The number of rotatable bonds is 6. The van der Waals surface area contributed by atoms with E-state index >= 15 is 0 Å². The van der Waals surface area contributed by atoms with Crippen LogP contribution in [0.2, 0.25) is 5.02 Å². The van der Waals surface area contributed by atoms with E-state index in [0.717, 1.165) is 25.9 Å². The van der Waals surface area contributed by atoms with Crippen molar-refractivity contribution in [3.05, 3.63) is 28.8 Å². The van der Waals surface area contributed by atoms with Gasteiger partial charge in [0.1, 0.15) is 0 Å². The van der Waals surface area contributed by atoms with Gasteiger partial charge in [-0.05, 0) is 50.0 Å². The molecule has 1 heterocycles. The molecule has 1 saturated heterocycles. The molecule has 8 heteroatoms. The van der Waals surface area contributed by atoms with Gasteiger partial charge in [0.15, 0.2) is 0 Å². The molecule has 1 aliphatic rings. The smallest absolute Gasteiger partial charge is 0.339 e. The number of methoxy groups -OCH3 is 1.